The molecule has 0 aromatic rings. The van der Waals surface area contributed by atoms with E-state index in [0.29, 0.717) is 0 Å². The number of rotatable bonds is 4. The van der Waals surface area contributed by atoms with Gasteiger partial charge in [0.2, 0.25) is 0 Å². The maximum atomic E-state index is 10.4. The Balaban J connectivity index is -0.0000000480. The fourth-order valence-electron chi connectivity index (χ4n) is 0.284. The van der Waals surface area contributed by atoms with Crippen LogP contribution >= 0.6 is 23.5 Å². The average molecular weight is 418 g/mol. The Morgan fingerprint density at radius 3 is 1.00 bits per heavy atom. The van der Waals surface area contributed by atoms with Gasteiger partial charge < -0.3 is 27.3 Å². The molecular weight excluding hydrogens is 411 g/mol. The first-order valence-electron chi connectivity index (χ1n) is 2.28. The van der Waals surface area contributed by atoms with Crippen molar-refractivity contribution in [2.75, 3.05) is 0 Å². The van der Waals surface area contributed by atoms with Gasteiger partial charge in [-0.3, -0.25) is 0 Å². The van der Waals surface area contributed by atoms with E-state index in [0.717, 1.165) is 0 Å². The van der Waals surface area contributed by atoms with E-state index in [-0.39, 0.29) is 96.1 Å². The molecule has 0 radical (unpaired) electrons. The molecule has 0 bridgehead atoms. The van der Waals surface area contributed by atoms with Crippen molar-refractivity contribution in [3.63, 3.8) is 0 Å². The van der Waals surface area contributed by atoms with Gasteiger partial charge in [0.05, 0.1) is 0 Å². The van der Waals surface area contributed by atoms with Crippen molar-refractivity contribution in [3.8, 4) is 0 Å². The second kappa shape index (κ2) is 12.0. The zero-order valence-electron chi connectivity index (χ0n) is 10.3. The van der Waals surface area contributed by atoms with Crippen LogP contribution in [0.2, 0.25) is 0 Å². The fraction of sp³-hybridized carbons (Fsp3) is 0. The monoisotopic (exact) mass is 418 g/mol. The molecule has 0 amide bonds. The molecule has 0 saturated carbocycles. The predicted molar refractivity (Wildman–Crippen MR) is 38.3 cm³/mol. The van der Waals surface area contributed by atoms with Gasteiger partial charge in [-0.25, -0.2) is 13.7 Å². The zero-order chi connectivity index (χ0) is 10.9. The van der Waals surface area contributed by atoms with Gasteiger partial charge in [-0.2, -0.15) is 8.62 Å². The normalized spacial score (nSPS) is 11.1. The minimum atomic E-state index is -5.46. The smallest absolute Gasteiger partial charge is 1.00 e. The number of hydrogen-bond acceptors (Lipinski definition) is 5. The van der Waals surface area contributed by atoms with E-state index in [1.807, 2.05) is 0 Å². The topological polar surface area (TPSA) is 171 Å². The van der Waals surface area contributed by atoms with Crippen molar-refractivity contribution in [2.45, 2.75) is 0 Å². The van der Waals surface area contributed by atoms with Crippen LogP contribution in [0.25, 0.3) is 0 Å². The van der Waals surface area contributed by atoms with Gasteiger partial charge in [-0.05, 0) is 0 Å². The van der Waals surface area contributed by atoms with Crippen LogP contribution in [0.4, 0.5) is 0 Å². The van der Waals surface area contributed by atoms with Crippen LogP contribution in [0, 0.1) is 0 Å². The molecule has 0 fully saturated rings. The quantitative estimate of drug-likeness (QED) is 0.219. The Morgan fingerprint density at radius 1 is 0.706 bits per heavy atom. The van der Waals surface area contributed by atoms with Crippen LogP contribution < -0.4 is 59.1 Å². The Bertz CT molecular complexity index is 299. The molecule has 0 heterocycles. The molecule has 0 saturated heterocycles. The maximum Gasteiger partial charge on any atom is 1.00 e. The molecular formula is H7Fe2Na2O10P3. The molecule has 0 aliphatic heterocycles. The Labute approximate surface area is 164 Å². The van der Waals surface area contributed by atoms with E-state index in [2.05, 4.69) is 8.62 Å². The summed E-state index contributed by atoms with van der Waals surface area (Å²) in [5, 5.41) is 0. The SMILES string of the molecule is O=P(O)(O)OP(=O)(O)OP(=O)(O)O.[Fe].[Fe].[H-].[H-].[Na+].[Na+]. The molecule has 0 aliphatic carbocycles. The van der Waals surface area contributed by atoms with E-state index in [4.69, 9.17) is 24.5 Å². The summed E-state index contributed by atoms with van der Waals surface area (Å²) in [6.07, 6.45) is 0. The standard InChI is InChI=1S/2Fe.2Na.H5O10P3.2H/c;;;;1-11(2,3)9-13(7,8)10-12(4,5)6;;/h;;;;(H,7,8)(H2,1,2,3)(H2,4,5,6);;/q;;2*+1;;2*-1. The van der Waals surface area contributed by atoms with Gasteiger partial charge in [-0.1, -0.05) is 0 Å². The van der Waals surface area contributed by atoms with Crippen LogP contribution in [0.15, 0.2) is 0 Å². The van der Waals surface area contributed by atoms with Gasteiger partial charge in [0.1, 0.15) is 0 Å². The molecule has 5 N–H and O–H groups in total. The molecule has 0 unspecified atom stereocenters. The molecule has 17 heteroatoms. The first kappa shape index (κ1) is 32.4. The van der Waals surface area contributed by atoms with E-state index < -0.39 is 23.5 Å². The summed E-state index contributed by atoms with van der Waals surface area (Å²) in [4.78, 5) is 40.2. The van der Waals surface area contributed by atoms with Crippen molar-refractivity contribution >= 4 is 23.5 Å². The summed E-state index contributed by atoms with van der Waals surface area (Å²) in [5.74, 6) is 0. The summed E-state index contributed by atoms with van der Waals surface area (Å²) < 4.78 is 36.4. The van der Waals surface area contributed by atoms with Gasteiger partial charge >= 0.3 is 82.6 Å². The van der Waals surface area contributed by atoms with Gasteiger partial charge in [0, 0.05) is 34.1 Å². The molecule has 0 spiro atoms. The van der Waals surface area contributed by atoms with Crippen molar-refractivity contribution in [1.29, 1.82) is 0 Å². The third kappa shape index (κ3) is 24.8. The molecule has 0 rings (SSSR count). The van der Waals surface area contributed by atoms with Crippen molar-refractivity contribution in [1.82, 2.24) is 0 Å². The van der Waals surface area contributed by atoms with E-state index in [9.17, 15) is 13.7 Å². The van der Waals surface area contributed by atoms with E-state index in [1.54, 1.807) is 0 Å². The van der Waals surface area contributed by atoms with Crippen molar-refractivity contribution in [2.24, 2.45) is 0 Å². The minimum absolute atomic E-state index is 0. The summed E-state index contributed by atoms with van der Waals surface area (Å²) in [5.41, 5.74) is 0. The number of phosphoric acid groups is 3. The van der Waals surface area contributed by atoms with Crippen LogP contribution in [0.1, 0.15) is 2.85 Å². The molecule has 0 atom stereocenters. The third-order valence-corrected chi connectivity index (χ3v) is 3.77. The largest absolute Gasteiger partial charge is 1.00 e. The van der Waals surface area contributed by atoms with E-state index >= 15 is 0 Å². The van der Waals surface area contributed by atoms with Crippen LogP contribution in [-0.4, -0.2) is 24.5 Å². The van der Waals surface area contributed by atoms with Crippen molar-refractivity contribution in [3.05, 3.63) is 0 Å². The summed E-state index contributed by atoms with van der Waals surface area (Å²) >= 11 is 0. The molecule has 100 valence electrons. The number of hydrogen-bond donors (Lipinski definition) is 5. The van der Waals surface area contributed by atoms with Crippen LogP contribution in [0.3, 0.4) is 0 Å². The second-order valence-corrected chi connectivity index (χ2v) is 5.82. The fourth-order valence-corrected chi connectivity index (χ4v) is 2.82. The second-order valence-electron chi connectivity index (χ2n) is 1.61. The average Bonchev–Trinajstić information content (AvgIpc) is 1.43. The Morgan fingerprint density at radius 2 is 0.882 bits per heavy atom. The molecule has 0 aromatic carbocycles. The summed E-state index contributed by atoms with van der Waals surface area (Å²) in [7, 11) is -16.2. The first-order valence-corrected chi connectivity index (χ1v) is 6.83. The molecule has 0 aliphatic rings. The van der Waals surface area contributed by atoms with Crippen molar-refractivity contribution < 1.29 is 143 Å². The zero-order valence-corrected chi connectivity index (χ0v) is 17.2. The van der Waals surface area contributed by atoms with Gasteiger partial charge in [-0.15, -0.1) is 0 Å². The minimum Gasteiger partial charge on any atom is -1.00 e. The maximum absolute atomic E-state index is 10.4. The van der Waals surface area contributed by atoms with Crippen LogP contribution in [-0.2, 0) is 56.5 Å². The first-order chi connectivity index (χ1) is 5.41. The molecule has 17 heavy (non-hydrogen) atoms. The molecule has 10 nitrogen and oxygen atoms in total. The van der Waals surface area contributed by atoms with Gasteiger partial charge in [0.15, 0.2) is 0 Å². The molecule has 0 aromatic heterocycles. The summed E-state index contributed by atoms with van der Waals surface area (Å²) in [6.45, 7) is 0. The summed E-state index contributed by atoms with van der Waals surface area (Å²) in [6, 6.07) is 0. The Kier molecular flexibility index (Phi) is 23.0. The van der Waals surface area contributed by atoms with Crippen LogP contribution in [0.5, 0.6) is 0 Å². The predicted octanol–water partition coefficient (Wildman–Crippen LogP) is -6.47. The van der Waals surface area contributed by atoms with E-state index in [1.165, 1.54) is 0 Å². The Hall–Kier alpha value is 3.45. The third-order valence-electron chi connectivity index (χ3n) is 0.419. The van der Waals surface area contributed by atoms with Gasteiger partial charge in [0.25, 0.3) is 0 Å².